The van der Waals surface area contributed by atoms with Crippen LogP contribution in [0.25, 0.3) is 0 Å². The molecule has 0 saturated carbocycles. The van der Waals surface area contributed by atoms with Gasteiger partial charge < -0.3 is 29.2 Å². The highest BCUT2D eigenvalue weighted by Crippen LogP contribution is 2.26. The number of carboxylic acid groups (broad SMARTS) is 2. The number of benzene rings is 2. The smallest absolute Gasteiger partial charge is 0.328 e. The van der Waals surface area contributed by atoms with Crippen LogP contribution in [-0.4, -0.2) is 62.2 Å². The van der Waals surface area contributed by atoms with Crippen molar-refractivity contribution < 1.29 is 48.3 Å². The van der Waals surface area contributed by atoms with E-state index in [9.17, 15) is 19.2 Å². The van der Waals surface area contributed by atoms with E-state index in [2.05, 4.69) is 0 Å². The zero-order valence-electron chi connectivity index (χ0n) is 25.9. The molecule has 2 rings (SSSR count). The van der Waals surface area contributed by atoms with E-state index >= 15 is 0 Å². The number of methoxy groups -OCH3 is 4. The van der Waals surface area contributed by atoms with Gasteiger partial charge in [-0.1, -0.05) is 38.8 Å². The normalized spacial score (nSPS) is 11.5. The number of aliphatic carboxylic acids is 2. The molecular formula is C34H40O10. The molecule has 44 heavy (non-hydrogen) atoms. The second-order valence-electron chi connectivity index (χ2n) is 9.14. The number of ketones is 2. The summed E-state index contributed by atoms with van der Waals surface area (Å²) in [6.07, 6.45) is 10.7. The fourth-order valence-corrected chi connectivity index (χ4v) is 3.86. The van der Waals surface area contributed by atoms with Gasteiger partial charge in [0.1, 0.15) is 23.0 Å². The summed E-state index contributed by atoms with van der Waals surface area (Å²) >= 11 is 0. The highest BCUT2D eigenvalue weighted by Gasteiger charge is 2.12. The third-order valence-electron chi connectivity index (χ3n) is 5.94. The van der Waals surface area contributed by atoms with Gasteiger partial charge in [0.15, 0.2) is 11.6 Å². The molecule has 10 heteroatoms. The van der Waals surface area contributed by atoms with Gasteiger partial charge >= 0.3 is 11.9 Å². The van der Waals surface area contributed by atoms with E-state index in [4.69, 9.17) is 29.2 Å². The lowest BCUT2D eigenvalue weighted by molar-refractivity contribution is -0.132. The second kappa shape index (κ2) is 19.9. The van der Waals surface area contributed by atoms with Crippen molar-refractivity contribution in [2.45, 2.75) is 39.5 Å². The van der Waals surface area contributed by atoms with Crippen LogP contribution in [0.1, 0.15) is 60.2 Å². The highest BCUT2D eigenvalue weighted by molar-refractivity contribution is 6.07. The van der Waals surface area contributed by atoms with Crippen molar-refractivity contribution in [2.24, 2.45) is 0 Å². The largest absolute Gasteiger partial charge is 0.497 e. The molecule has 10 nitrogen and oxygen atoms in total. The number of carbonyl (C=O) groups is 4. The molecule has 0 fully saturated rings. The Balaban J connectivity index is 0.000000440. The van der Waals surface area contributed by atoms with Crippen LogP contribution in [0.3, 0.4) is 0 Å². The van der Waals surface area contributed by atoms with Crippen molar-refractivity contribution in [3.8, 4) is 23.0 Å². The molecule has 0 bridgehead atoms. The molecule has 2 N–H and O–H groups in total. The lowest BCUT2D eigenvalue weighted by Gasteiger charge is -2.08. The molecule has 0 radical (unpaired) electrons. The Morgan fingerprint density at radius 1 is 0.591 bits per heavy atom. The molecule has 0 unspecified atom stereocenters. The molecule has 0 atom stereocenters. The van der Waals surface area contributed by atoms with Crippen LogP contribution in [-0.2, 0) is 9.59 Å². The van der Waals surface area contributed by atoms with Crippen molar-refractivity contribution in [3.63, 3.8) is 0 Å². The molecule has 0 amide bonds. The minimum absolute atomic E-state index is 0.275. The summed E-state index contributed by atoms with van der Waals surface area (Å²) in [4.78, 5) is 46.1. The van der Waals surface area contributed by atoms with E-state index in [1.807, 2.05) is 13.8 Å². The fourth-order valence-electron chi connectivity index (χ4n) is 3.86. The first-order valence-corrected chi connectivity index (χ1v) is 13.8. The van der Waals surface area contributed by atoms with E-state index < -0.39 is 11.9 Å². The molecule has 0 aliphatic heterocycles. The minimum atomic E-state index is -1.03. The number of ether oxygens (including phenoxy) is 4. The van der Waals surface area contributed by atoms with Crippen LogP contribution in [0.15, 0.2) is 84.0 Å². The first-order valence-electron chi connectivity index (χ1n) is 13.8. The maximum absolute atomic E-state index is 12.3. The number of hydrogen-bond donors (Lipinski definition) is 2. The first-order chi connectivity index (χ1) is 21.0. The average molecular weight is 609 g/mol. The van der Waals surface area contributed by atoms with Crippen molar-refractivity contribution in [3.05, 3.63) is 95.1 Å². The monoisotopic (exact) mass is 608 g/mol. The summed E-state index contributed by atoms with van der Waals surface area (Å²) in [6.45, 7) is 3.88. The highest BCUT2D eigenvalue weighted by atomic mass is 16.5. The Kier molecular flexibility index (Phi) is 16.7. The van der Waals surface area contributed by atoms with Gasteiger partial charge in [0, 0.05) is 12.2 Å². The van der Waals surface area contributed by atoms with Crippen molar-refractivity contribution >= 4 is 23.5 Å². The minimum Gasteiger partial charge on any atom is -0.497 e. The van der Waals surface area contributed by atoms with Gasteiger partial charge in [-0.25, -0.2) is 9.59 Å². The number of carbonyl (C=O) groups excluding carboxylic acids is 2. The SMILES string of the molecule is CCCC(/C=C/C(=O)c1cc(OC)ccc1OC)=C\C(=O)O.CCCC(/C=C/C(=O)c1cc(OC)ccc1OC)=C\C(=O)O. The van der Waals surface area contributed by atoms with Crippen LogP contribution >= 0.6 is 0 Å². The summed E-state index contributed by atoms with van der Waals surface area (Å²) in [5, 5.41) is 17.6. The van der Waals surface area contributed by atoms with E-state index in [1.165, 1.54) is 52.7 Å². The van der Waals surface area contributed by atoms with Gasteiger partial charge in [0.05, 0.1) is 39.6 Å². The summed E-state index contributed by atoms with van der Waals surface area (Å²) in [6, 6.07) is 9.88. The maximum atomic E-state index is 12.3. The molecule has 236 valence electrons. The fraction of sp³-hybridized carbons (Fsp3) is 0.294. The second-order valence-corrected chi connectivity index (χ2v) is 9.14. The molecule has 0 spiro atoms. The Bertz CT molecular complexity index is 1310. The van der Waals surface area contributed by atoms with E-state index in [1.54, 1.807) is 36.4 Å². The zero-order chi connectivity index (χ0) is 33.1. The van der Waals surface area contributed by atoms with E-state index in [0.717, 1.165) is 25.0 Å². The van der Waals surface area contributed by atoms with Crippen molar-refractivity contribution in [1.29, 1.82) is 0 Å². The average Bonchev–Trinajstić information content (AvgIpc) is 3.01. The van der Waals surface area contributed by atoms with E-state index in [0.29, 0.717) is 58.1 Å². The third kappa shape index (κ3) is 12.8. The zero-order valence-corrected chi connectivity index (χ0v) is 25.9. The summed E-state index contributed by atoms with van der Waals surface area (Å²) < 4.78 is 20.5. The number of hydrogen-bond acceptors (Lipinski definition) is 8. The molecule has 2 aromatic carbocycles. The van der Waals surface area contributed by atoms with Crippen LogP contribution in [0, 0.1) is 0 Å². The van der Waals surface area contributed by atoms with Gasteiger partial charge in [-0.15, -0.1) is 0 Å². The molecular weight excluding hydrogens is 568 g/mol. The van der Waals surface area contributed by atoms with Gasteiger partial charge in [-0.3, -0.25) is 9.59 Å². The molecule has 0 aromatic heterocycles. The maximum Gasteiger partial charge on any atom is 0.328 e. The summed E-state index contributed by atoms with van der Waals surface area (Å²) in [7, 11) is 5.99. The molecule has 0 aliphatic rings. The predicted octanol–water partition coefficient (Wildman–Crippen LogP) is 6.51. The number of rotatable bonds is 16. The van der Waals surface area contributed by atoms with Crippen LogP contribution in [0.4, 0.5) is 0 Å². The summed E-state index contributed by atoms with van der Waals surface area (Å²) in [5.74, 6) is -0.630. The summed E-state index contributed by atoms with van der Waals surface area (Å²) in [5.41, 5.74) is 1.91. The van der Waals surface area contributed by atoms with Crippen LogP contribution in [0.2, 0.25) is 0 Å². The van der Waals surface area contributed by atoms with Crippen molar-refractivity contribution in [2.75, 3.05) is 28.4 Å². The molecule has 0 saturated heterocycles. The number of allylic oxidation sites excluding steroid dienone is 6. The molecule has 0 heterocycles. The predicted molar refractivity (Wildman–Crippen MR) is 167 cm³/mol. The number of carboxylic acids is 2. The Hall–Kier alpha value is -5.12. The van der Waals surface area contributed by atoms with Gasteiger partial charge in [-0.05, 0) is 72.5 Å². The van der Waals surface area contributed by atoms with Gasteiger partial charge in [0.2, 0.25) is 0 Å². The lowest BCUT2D eigenvalue weighted by Crippen LogP contribution is -2.00. The third-order valence-corrected chi connectivity index (χ3v) is 5.94. The quantitative estimate of drug-likeness (QED) is 0.123. The first kappa shape index (κ1) is 36.9. The van der Waals surface area contributed by atoms with Crippen LogP contribution in [0.5, 0.6) is 23.0 Å². The van der Waals surface area contributed by atoms with Gasteiger partial charge in [-0.2, -0.15) is 0 Å². The Morgan fingerprint density at radius 3 is 1.23 bits per heavy atom. The molecule has 2 aromatic rings. The Labute approximate surface area is 257 Å². The van der Waals surface area contributed by atoms with E-state index in [-0.39, 0.29) is 11.6 Å². The Morgan fingerprint density at radius 2 is 0.955 bits per heavy atom. The van der Waals surface area contributed by atoms with Crippen LogP contribution < -0.4 is 18.9 Å². The standard InChI is InChI=1S/2C17H20O5/c2*1-4-5-12(10-17(19)20)6-8-15(18)14-11-13(21-2)7-9-16(14)22-3/h2*6-11H,4-5H2,1-3H3,(H,19,20)/b2*8-6+,12-10+. The lowest BCUT2D eigenvalue weighted by atomic mass is 10.1. The van der Waals surface area contributed by atoms with Crippen molar-refractivity contribution in [1.82, 2.24) is 0 Å². The van der Waals surface area contributed by atoms with Gasteiger partial charge in [0.25, 0.3) is 0 Å². The molecule has 0 aliphatic carbocycles. The topological polar surface area (TPSA) is 146 Å².